The number of nitrogens with zero attached hydrogens (tertiary/aromatic N) is 1. The molecule has 114 valence electrons. The molecule has 0 aliphatic heterocycles. The SMILES string of the molecule is CC(C)c1cc(Oc2ccccc2)cc(C(C)C)c1N=C=O. The van der Waals surface area contributed by atoms with Crippen molar-refractivity contribution in [2.45, 2.75) is 39.5 Å². The van der Waals surface area contributed by atoms with Crippen LogP contribution in [0.15, 0.2) is 47.5 Å². The van der Waals surface area contributed by atoms with Gasteiger partial charge < -0.3 is 4.74 Å². The molecule has 3 heteroatoms. The summed E-state index contributed by atoms with van der Waals surface area (Å²) in [4.78, 5) is 14.7. The zero-order chi connectivity index (χ0) is 16.1. The molecule has 0 bridgehead atoms. The highest BCUT2D eigenvalue weighted by atomic mass is 16.5. The molecule has 0 saturated carbocycles. The van der Waals surface area contributed by atoms with E-state index in [0.717, 1.165) is 28.3 Å². The summed E-state index contributed by atoms with van der Waals surface area (Å²) in [6.45, 7) is 8.32. The first kappa shape index (κ1) is 16.0. The maximum atomic E-state index is 10.8. The molecule has 0 aromatic heterocycles. The van der Waals surface area contributed by atoms with Gasteiger partial charge in [-0.1, -0.05) is 45.9 Å². The minimum absolute atomic E-state index is 0.240. The van der Waals surface area contributed by atoms with Crippen molar-refractivity contribution >= 4 is 11.8 Å². The van der Waals surface area contributed by atoms with Crippen LogP contribution >= 0.6 is 0 Å². The van der Waals surface area contributed by atoms with Crippen LogP contribution in [0.3, 0.4) is 0 Å². The maximum Gasteiger partial charge on any atom is 0.240 e. The van der Waals surface area contributed by atoms with E-state index in [1.807, 2.05) is 42.5 Å². The third kappa shape index (κ3) is 3.63. The molecule has 0 atom stereocenters. The Labute approximate surface area is 131 Å². The number of hydrogen-bond acceptors (Lipinski definition) is 3. The molecule has 0 spiro atoms. The summed E-state index contributed by atoms with van der Waals surface area (Å²) in [5.41, 5.74) is 2.72. The minimum Gasteiger partial charge on any atom is -0.457 e. The van der Waals surface area contributed by atoms with E-state index in [2.05, 4.69) is 32.7 Å². The molecule has 3 nitrogen and oxygen atoms in total. The normalized spacial score (nSPS) is 10.6. The number of benzene rings is 2. The average Bonchev–Trinajstić information content (AvgIpc) is 2.49. The summed E-state index contributed by atoms with van der Waals surface area (Å²) in [7, 11) is 0. The van der Waals surface area contributed by atoms with Crippen LogP contribution in [0.4, 0.5) is 5.69 Å². The molecule has 0 fully saturated rings. The second-order valence-corrected chi connectivity index (χ2v) is 5.88. The molecule has 0 aliphatic rings. The predicted octanol–water partition coefficient (Wildman–Crippen LogP) is 5.69. The smallest absolute Gasteiger partial charge is 0.240 e. The van der Waals surface area contributed by atoms with Crippen molar-refractivity contribution in [2.24, 2.45) is 4.99 Å². The molecule has 0 heterocycles. The van der Waals surface area contributed by atoms with Crippen molar-refractivity contribution in [3.63, 3.8) is 0 Å². The first-order chi connectivity index (χ1) is 10.5. The van der Waals surface area contributed by atoms with Gasteiger partial charge in [0.1, 0.15) is 11.5 Å². The van der Waals surface area contributed by atoms with Crippen LogP contribution in [-0.4, -0.2) is 6.08 Å². The number of ether oxygens (including phenoxy) is 1. The van der Waals surface area contributed by atoms with Gasteiger partial charge in [0.25, 0.3) is 0 Å². The van der Waals surface area contributed by atoms with Gasteiger partial charge >= 0.3 is 0 Å². The van der Waals surface area contributed by atoms with Gasteiger partial charge in [-0.3, -0.25) is 0 Å². The molecule has 0 saturated heterocycles. The number of para-hydroxylation sites is 1. The van der Waals surface area contributed by atoms with Crippen molar-refractivity contribution < 1.29 is 9.53 Å². The minimum atomic E-state index is 0.240. The highest BCUT2D eigenvalue weighted by Crippen LogP contribution is 2.39. The molecule has 0 N–H and O–H groups in total. The Hall–Kier alpha value is -2.38. The Morgan fingerprint density at radius 3 is 1.91 bits per heavy atom. The van der Waals surface area contributed by atoms with E-state index in [9.17, 15) is 4.79 Å². The van der Waals surface area contributed by atoms with Gasteiger partial charge in [0.2, 0.25) is 6.08 Å². The van der Waals surface area contributed by atoms with E-state index in [1.165, 1.54) is 0 Å². The molecule has 0 aliphatic carbocycles. The lowest BCUT2D eigenvalue weighted by atomic mass is 9.92. The number of isocyanates is 1. The fourth-order valence-corrected chi connectivity index (χ4v) is 2.39. The number of hydrogen-bond donors (Lipinski definition) is 0. The van der Waals surface area contributed by atoms with Crippen LogP contribution < -0.4 is 4.74 Å². The average molecular weight is 295 g/mol. The lowest BCUT2D eigenvalue weighted by molar-refractivity contribution is 0.480. The third-order valence-corrected chi connectivity index (χ3v) is 3.52. The van der Waals surface area contributed by atoms with Crippen molar-refractivity contribution in [3.8, 4) is 11.5 Å². The topological polar surface area (TPSA) is 38.7 Å². The summed E-state index contributed by atoms with van der Waals surface area (Å²) in [5.74, 6) is 2.04. The van der Waals surface area contributed by atoms with E-state index >= 15 is 0 Å². The van der Waals surface area contributed by atoms with Gasteiger partial charge in [-0.2, -0.15) is 4.99 Å². The van der Waals surface area contributed by atoms with Gasteiger partial charge in [0, 0.05) is 0 Å². The standard InChI is InChI=1S/C19H21NO2/c1-13(2)17-10-16(22-15-8-6-5-7-9-15)11-18(14(3)4)19(17)20-12-21/h5-11,13-14H,1-4H3. The summed E-state index contributed by atoms with van der Waals surface area (Å²) in [5, 5.41) is 0. The van der Waals surface area contributed by atoms with Crippen LogP contribution in [0.25, 0.3) is 0 Å². The zero-order valence-corrected chi connectivity index (χ0v) is 13.5. The highest BCUT2D eigenvalue weighted by molar-refractivity contribution is 5.63. The monoisotopic (exact) mass is 295 g/mol. The molecule has 2 aromatic carbocycles. The summed E-state index contributed by atoms with van der Waals surface area (Å²) in [6.07, 6.45) is 1.68. The lowest BCUT2D eigenvalue weighted by Gasteiger charge is -2.18. The van der Waals surface area contributed by atoms with Crippen molar-refractivity contribution in [1.82, 2.24) is 0 Å². The molecular formula is C19H21NO2. The Morgan fingerprint density at radius 1 is 0.909 bits per heavy atom. The number of aliphatic imine (C=N–C) groups is 1. The van der Waals surface area contributed by atoms with Gasteiger partial charge in [0.15, 0.2) is 0 Å². The summed E-state index contributed by atoms with van der Waals surface area (Å²) < 4.78 is 5.95. The summed E-state index contributed by atoms with van der Waals surface area (Å²) >= 11 is 0. The van der Waals surface area contributed by atoms with E-state index in [0.29, 0.717) is 0 Å². The molecule has 0 radical (unpaired) electrons. The Bertz CT molecular complexity index is 655. The van der Waals surface area contributed by atoms with Crippen molar-refractivity contribution in [2.75, 3.05) is 0 Å². The van der Waals surface area contributed by atoms with E-state index in [-0.39, 0.29) is 11.8 Å². The third-order valence-electron chi connectivity index (χ3n) is 3.52. The quantitative estimate of drug-likeness (QED) is 0.524. The van der Waals surface area contributed by atoms with Gasteiger partial charge in [-0.05, 0) is 47.2 Å². The van der Waals surface area contributed by atoms with E-state index in [1.54, 1.807) is 6.08 Å². The second-order valence-electron chi connectivity index (χ2n) is 5.88. The molecule has 2 rings (SSSR count). The van der Waals surface area contributed by atoms with Crippen LogP contribution in [0.2, 0.25) is 0 Å². The van der Waals surface area contributed by atoms with E-state index < -0.39 is 0 Å². The summed E-state index contributed by atoms with van der Waals surface area (Å²) in [6, 6.07) is 13.6. The Morgan fingerprint density at radius 2 is 1.45 bits per heavy atom. The Kier molecular flexibility index (Phi) is 5.13. The second kappa shape index (κ2) is 7.06. The van der Waals surface area contributed by atoms with Crippen molar-refractivity contribution in [1.29, 1.82) is 0 Å². The largest absolute Gasteiger partial charge is 0.457 e. The molecule has 0 amide bonds. The highest BCUT2D eigenvalue weighted by Gasteiger charge is 2.16. The molecule has 0 unspecified atom stereocenters. The van der Waals surface area contributed by atoms with Crippen LogP contribution in [0.1, 0.15) is 50.7 Å². The van der Waals surface area contributed by atoms with Crippen LogP contribution in [0.5, 0.6) is 11.5 Å². The zero-order valence-electron chi connectivity index (χ0n) is 13.5. The van der Waals surface area contributed by atoms with Gasteiger partial charge in [0.05, 0.1) is 5.69 Å². The number of carbonyl (C=O) groups excluding carboxylic acids is 1. The molecule has 2 aromatic rings. The number of rotatable bonds is 5. The fourth-order valence-electron chi connectivity index (χ4n) is 2.39. The Balaban J connectivity index is 2.54. The fraction of sp³-hybridized carbons (Fsp3) is 0.316. The molecule has 22 heavy (non-hydrogen) atoms. The van der Waals surface area contributed by atoms with Crippen LogP contribution in [-0.2, 0) is 4.79 Å². The van der Waals surface area contributed by atoms with Crippen molar-refractivity contribution in [3.05, 3.63) is 53.6 Å². The van der Waals surface area contributed by atoms with E-state index in [4.69, 9.17) is 4.74 Å². The first-order valence-electron chi connectivity index (χ1n) is 7.51. The lowest BCUT2D eigenvalue weighted by Crippen LogP contribution is -1.97. The first-order valence-corrected chi connectivity index (χ1v) is 7.51. The van der Waals surface area contributed by atoms with Gasteiger partial charge in [-0.15, -0.1) is 0 Å². The van der Waals surface area contributed by atoms with Crippen LogP contribution in [0, 0.1) is 0 Å². The molecular weight excluding hydrogens is 274 g/mol. The predicted molar refractivity (Wildman–Crippen MR) is 88.9 cm³/mol. The van der Waals surface area contributed by atoms with Gasteiger partial charge in [-0.25, -0.2) is 4.79 Å². The maximum absolute atomic E-state index is 10.8.